The van der Waals surface area contributed by atoms with Crippen LogP contribution < -0.4 is 0 Å². The predicted octanol–water partition coefficient (Wildman–Crippen LogP) is 2.27. The van der Waals surface area contributed by atoms with Crippen molar-refractivity contribution in [2.45, 2.75) is 26.4 Å². The van der Waals surface area contributed by atoms with Gasteiger partial charge in [-0.15, -0.1) is 0 Å². The second-order valence-corrected chi connectivity index (χ2v) is 2.83. The summed E-state index contributed by atoms with van der Waals surface area (Å²) in [6, 6.07) is 4.90. The minimum absolute atomic E-state index is 0.219. The second-order valence-electron chi connectivity index (χ2n) is 2.83. The molecular formula is C10H13FO. The summed E-state index contributed by atoms with van der Waals surface area (Å²) in [7, 11) is 0. The summed E-state index contributed by atoms with van der Waals surface area (Å²) in [6.45, 7) is 1.85. The summed E-state index contributed by atoms with van der Waals surface area (Å²) >= 11 is 0. The van der Waals surface area contributed by atoms with Crippen molar-refractivity contribution < 1.29 is 9.50 Å². The van der Waals surface area contributed by atoms with E-state index in [1.54, 1.807) is 12.1 Å². The Labute approximate surface area is 71.9 Å². The fourth-order valence-electron chi connectivity index (χ4n) is 1.19. The Morgan fingerprint density at radius 1 is 1.42 bits per heavy atom. The Bertz CT molecular complexity index is 258. The van der Waals surface area contributed by atoms with Gasteiger partial charge in [0, 0.05) is 5.56 Å². The van der Waals surface area contributed by atoms with Crippen LogP contribution in [0.2, 0.25) is 0 Å². The van der Waals surface area contributed by atoms with E-state index < -0.39 is 0 Å². The van der Waals surface area contributed by atoms with Gasteiger partial charge in [0.05, 0.1) is 6.61 Å². The molecule has 1 N–H and O–H groups in total. The Hall–Kier alpha value is -0.890. The van der Waals surface area contributed by atoms with Crippen LogP contribution in [0.5, 0.6) is 0 Å². The lowest BCUT2D eigenvalue weighted by molar-refractivity contribution is 0.275. The molecule has 0 amide bonds. The molecule has 0 fully saturated rings. The molecule has 0 bridgehead atoms. The molecular weight excluding hydrogens is 155 g/mol. The van der Waals surface area contributed by atoms with Gasteiger partial charge in [0.25, 0.3) is 0 Å². The third-order valence-corrected chi connectivity index (χ3v) is 1.82. The van der Waals surface area contributed by atoms with E-state index in [0.29, 0.717) is 5.56 Å². The molecule has 0 unspecified atom stereocenters. The van der Waals surface area contributed by atoms with E-state index in [1.165, 1.54) is 6.07 Å². The quantitative estimate of drug-likeness (QED) is 0.734. The average molecular weight is 168 g/mol. The number of halogens is 1. The van der Waals surface area contributed by atoms with E-state index in [1.807, 2.05) is 0 Å². The first-order valence-corrected chi connectivity index (χ1v) is 4.16. The van der Waals surface area contributed by atoms with Crippen molar-refractivity contribution in [3.8, 4) is 0 Å². The fourth-order valence-corrected chi connectivity index (χ4v) is 1.19. The molecule has 0 saturated carbocycles. The molecule has 12 heavy (non-hydrogen) atoms. The van der Waals surface area contributed by atoms with Crippen LogP contribution in [0.15, 0.2) is 18.2 Å². The van der Waals surface area contributed by atoms with Gasteiger partial charge < -0.3 is 5.11 Å². The highest BCUT2D eigenvalue weighted by Crippen LogP contribution is 2.11. The molecule has 1 aromatic carbocycles. The third-order valence-electron chi connectivity index (χ3n) is 1.82. The lowest BCUT2D eigenvalue weighted by atomic mass is 10.1. The fraction of sp³-hybridized carbons (Fsp3) is 0.400. The van der Waals surface area contributed by atoms with Crippen molar-refractivity contribution in [3.05, 3.63) is 35.1 Å². The lowest BCUT2D eigenvalue weighted by Crippen LogP contribution is -1.92. The molecule has 0 spiro atoms. The molecule has 0 aliphatic heterocycles. The van der Waals surface area contributed by atoms with Gasteiger partial charge in [-0.25, -0.2) is 4.39 Å². The van der Waals surface area contributed by atoms with E-state index >= 15 is 0 Å². The van der Waals surface area contributed by atoms with Crippen LogP contribution in [0.4, 0.5) is 4.39 Å². The smallest absolute Gasteiger partial charge is 0.128 e. The zero-order valence-corrected chi connectivity index (χ0v) is 7.18. The molecule has 0 saturated heterocycles. The molecule has 0 aliphatic rings. The van der Waals surface area contributed by atoms with Crippen LogP contribution in [0.1, 0.15) is 24.5 Å². The topological polar surface area (TPSA) is 20.2 Å². The Balaban J connectivity index is 2.89. The summed E-state index contributed by atoms with van der Waals surface area (Å²) in [4.78, 5) is 0. The normalized spacial score (nSPS) is 10.2. The maximum absolute atomic E-state index is 12.9. The van der Waals surface area contributed by atoms with Crippen LogP contribution in [-0.2, 0) is 13.0 Å². The average Bonchev–Trinajstić information content (AvgIpc) is 2.09. The van der Waals surface area contributed by atoms with Crippen molar-refractivity contribution in [1.29, 1.82) is 0 Å². The number of hydrogen-bond donors (Lipinski definition) is 1. The maximum atomic E-state index is 12.9. The lowest BCUT2D eigenvalue weighted by Gasteiger charge is -2.02. The van der Waals surface area contributed by atoms with Gasteiger partial charge in [-0.3, -0.25) is 0 Å². The van der Waals surface area contributed by atoms with Crippen LogP contribution in [0.25, 0.3) is 0 Å². The van der Waals surface area contributed by atoms with Crippen LogP contribution >= 0.6 is 0 Å². The number of aryl methyl sites for hydroxylation is 1. The van der Waals surface area contributed by atoms with Crippen molar-refractivity contribution in [2.24, 2.45) is 0 Å². The van der Waals surface area contributed by atoms with Gasteiger partial charge in [-0.2, -0.15) is 0 Å². The maximum Gasteiger partial charge on any atom is 0.128 e. The molecule has 1 aromatic rings. The highest BCUT2D eigenvalue weighted by molar-refractivity contribution is 5.24. The number of benzene rings is 1. The van der Waals surface area contributed by atoms with Crippen molar-refractivity contribution >= 4 is 0 Å². The zero-order valence-electron chi connectivity index (χ0n) is 7.18. The zero-order chi connectivity index (χ0) is 8.97. The van der Waals surface area contributed by atoms with Crippen LogP contribution in [-0.4, -0.2) is 5.11 Å². The van der Waals surface area contributed by atoms with Gasteiger partial charge in [-0.1, -0.05) is 25.5 Å². The predicted molar refractivity (Wildman–Crippen MR) is 46.3 cm³/mol. The standard InChI is InChI=1S/C10H13FO/c1-2-3-8-4-5-10(11)9(6-8)7-12/h4-6,12H,2-3,7H2,1H3. The highest BCUT2D eigenvalue weighted by Gasteiger charge is 2.00. The highest BCUT2D eigenvalue weighted by atomic mass is 19.1. The second kappa shape index (κ2) is 4.21. The summed E-state index contributed by atoms with van der Waals surface area (Å²) in [5.74, 6) is -0.322. The van der Waals surface area contributed by atoms with Crippen molar-refractivity contribution in [3.63, 3.8) is 0 Å². The molecule has 0 radical (unpaired) electrons. The first-order chi connectivity index (χ1) is 5.77. The van der Waals surface area contributed by atoms with Gasteiger partial charge in [-0.05, 0) is 18.1 Å². The van der Waals surface area contributed by atoms with Crippen molar-refractivity contribution in [2.75, 3.05) is 0 Å². The Morgan fingerprint density at radius 3 is 2.75 bits per heavy atom. The number of aliphatic hydroxyl groups is 1. The molecule has 66 valence electrons. The minimum atomic E-state index is -0.322. The summed E-state index contributed by atoms with van der Waals surface area (Å²) in [5, 5.41) is 8.77. The first-order valence-electron chi connectivity index (χ1n) is 4.16. The van der Waals surface area contributed by atoms with E-state index in [0.717, 1.165) is 18.4 Å². The number of hydrogen-bond acceptors (Lipinski definition) is 1. The largest absolute Gasteiger partial charge is 0.392 e. The minimum Gasteiger partial charge on any atom is -0.392 e. The molecule has 0 aliphatic carbocycles. The number of aliphatic hydroxyl groups excluding tert-OH is 1. The molecule has 0 aromatic heterocycles. The molecule has 0 heterocycles. The van der Waals surface area contributed by atoms with Gasteiger partial charge in [0.2, 0.25) is 0 Å². The van der Waals surface area contributed by atoms with Gasteiger partial charge in [0.1, 0.15) is 5.82 Å². The molecule has 0 atom stereocenters. The van der Waals surface area contributed by atoms with E-state index in [9.17, 15) is 4.39 Å². The summed E-state index contributed by atoms with van der Waals surface area (Å²) < 4.78 is 12.9. The number of rotatable bonds is 3. The van der Waals surface area contributed by atoms with Crippen LogP contribution in [0.3, 0.4) is 0 Å². The summed E-state index contributed by atoms with van der Waals surface area (Å²) in [5.41, 5.74) is 1.48. The Morgan fingerprint density at radius 2 is 2.17 bits per heavy atom. The monoisotopic (exact) mass is 168 g/mol. The van der Waals surface area contributed by atoms with Gasteiger partial charge >= 0.3 is 0 Å². The molecule has 1 rings (SSSR count). The van der Waals surface area contributed by atoms with E-state index in [4.69, 9.17) is 5.11 Å². The van der Waals surface area contributed by atoms with Gasteiger partial charge in [0.15, 0.2) is 0 Å². The summed E-state index contributed by atoms with van der Waals surface area (Å²) in [6.07, 6.45) is 1.98. The third kappa shape index (κ3) is 2.05. The van der Waals surface area contributed by atoms with Crippen LogP contribution in [0, 0.1) is 5.82 Å². The van der Waals surface area contributed by atoms with E-state index in [2.05, 4.69) is 6.92 Å². The molecule has 2 heteroatoms. The van der Waals surface area contributed by atoms with E-state index in [-0.39, 0.29) is 12.4 Å². The Kier molecular flexibility index (Phi) is 3.23. The molecule has 1 nitrogen and oxygen atoms in total. The SMILES string of the molecule is CCCc1ccc(F)c(CO)c1. The van der Waals surface area contributed by atoms with Crippen molar-refractivity contribution in [1.82, 2.24) is 0 Å². The first kappa shape index (κ1) is 9.20.